The number of rotatable bonds is 7. The van der Waals surface area contributed by atoms with Crippen LogP contribution in [0.25, 0.3) is 0 Å². The van der Waals surface area contributed by atoms with Crippen LogP contribution in [-0.2, 0) is 16.4 Å². The highest BCUT2D eigenvalue weighted by Gasteiger charge is 2.27. The maximum atomic E-state index is 12.0. The summed E-state index contributed by atoms with van der Waals surface area (Å²) in [6, 6.07) is 7.34. The van der Waals surface area contributed by atoms with Gasteiger partial charge in [-0.25, -0.2) is 13.1 Å². The smallest absolute Gasteiger partial charge is 0.240 e. The molecular formula is C14H22N2O2S. The molecule has 1 aromatic rings. The van der Waals surface area contributed by atoms with E-state index in [0.29, 0.717) is 4.90 Å². The largest absolute Gasteiger partial charge is 0.327 e. The third-order valence-corrected chi connectivity index (χ3v) is 4.83. The molecule has 1 aliphatic carbocycles. The fourth-order valence-electron chi connectivity index (χ4n) is 2.07. The number of nitrogens with one attached hydrogen (secondary N) is 1. The Labute approximate surface area is 115 Å². The minimum atomic E-state index is -3.33. The highest BCUT2D eigenvalue weighted by Crippen LogP contribution is 2.22. The Hall–Kier alpha value is -0.910. The third kappa shape index (κ3) is 4.30. The molecule has 0 heterocycles. The number of hydrogen-bond acceptors (Lipinski definition) is 3. The molecule has 0 radical (unpaired) electrons. The first-order valence-electron chi connectivity index (χ1n) is 6.88. The molecule has 19 heavy (non-hydrogen) atoms. The first kappa shape index (κ1) is 14.5. The summed E-state index contributed by atoms with van der Waals surface area (Å²) >= 11 is 0. The normalized spacial score (nSPS) is 17.4. The molecule has 0 spiro atoms. The SMILES string of the molecule is CCCC(N)Cc1ccc(S(=O)(=O)NC2CC2)cc1. The molecule has 0 amide bonds. The minimum Gasteiger partial charge on any atom is -0.327 e. The van der Waals surface area contributed by atoms with Crippen LogP contribution in [0.3, 0.4) is 0 Å². The molecule has 1 aliphatic rings. The van der Waals surface area contributed by atoms with E-state index in [9.17, 15) is 8.42 Å². The predicted molar refractivity (Wildman–Crippen MR) is 76.4 cm³/mol. The first-order valence-corrected chi connectivity index (χ1v) is 8.36. The first-order chi connectivity index (χ1) is 9.01. The molecule has 1 unspecified atom stereocenters. The Morgan fingerprint density at radius 1 is 1.32 bits per heavy atom. The summed E-state index contributed by atoms with van der Waals surface area (Å²) in [7, 11) is -3.33. The molecule has 5 heteroatoms. The van der Waals surface area contributed by atoms with Gasteiger partial charge in [-0.15, -0.1) is 0 Å². The highest BCUT2D eigenvalue weighted by atomic mass is 32.2. The van der Waals surface area contributed by atoms with Crippen molar-refractivity contribution in [1.29, 1.82) is 0 Å². The number of benzene rings is 1. The van der Waals surface area contributed by atoms with Crippen molar-refractivity contribution in [1.82, 2.24) is 4.72 Å². The maximum absolute atomic E-state index is 12.0. The molecule has 1 saturated carbocycles. The Morgan fingerprint density at radius 2 is 1.95 bits per heavy atom. The van der Waals surface area contributed by atoms with Crippen molar-refractivity contribution in [3.63, 3.8) is 0 Å². The fourth-order valence-corrected chi connectivity index (χ4v) is 3.37. The van der Waals surface area contributed by atoms with Crippen molar-refractivity contribution >= 4 is 10.0 Å². The van der Waals surface area contributed by atoms with Crippen molar-refractivity contribution in [2.45, 2.75) is 56.0 Å². The van der Waals surface area contributed by atoms with E-state index in [1.54, 1.807) is 12.1 Å². The molecule has 4 nitrogen and oxygen atoms in total. The Kier molecular flexibility index (Phi) is 4.60. The average Bonchev–Trinajstić information content (AvgIpc) is 3.13. The summed E-state index contributed by atoms with van der Waals surface area (Å²) in [5.41, 5.74) is 7.07. The van der Waals surface area contributed by atoms with Crippen LogP contribution in [0.15, 0.2) is 29.2 Å². The van der Waals surface area contributed by atoms with Crippen LogP contribution in [0.5, 0.6) is 0 Å². The Morgan fingerprint density at radius 3 is 2.47 bits per heavy atom. The molecule has 0 saturated heterocycles. The zero-order valence-corrected chi connectivity index (χ0v) is 12.1. The van der Waals surface area contributed by atoms with E-state index in [0.717, 1.165) is 37.7 Å². The topological polar surface area (TPSA) is 72.2 Å². The van der Waals surface area contributed by atoms with E-state index >= 15 is 0 Å². The van der Waals surface area contributed by atoms with Gasteiger partial charge in [0.05, 0.1) is 4.90 Å². The van der Waals surface area contributed by atoms with Gasteiger partial charge in [-0.3, -0.25) is 0 Å². The van der Waals surface area contributed by atoms with Crippen LogP contribution in [0.2, 0.25) is 0 Å². The lowest BCUT2D eigenvalue weighted by atomic mass is 10.0. The van der Waals surface area contributed by atoms with Gasteiger partial charge in [-0.05, 0) is 43.4 Å². The standard InChI is InChI=1S/C14H22N2O2S/c1-2-3-12(15)10-11-4-8-14(9-5-11)19(17,18)16-13-6-7-13/h4-5,8-9,12-13,16H,2-3,6-7,10,15H2,1H3. The Balaban J connectivity index is 2.01. The van der Waals surface area contributed by atoms with E-state index in [2.05, 4.69) is 11.6 Å². The van der Waals surface area contributed by atoms with Crippen molar-refractivity contribution < 1.29 is 8.42 Å². The monoisotopic (exact) mass is 282 g/mol. The lowest BCUT2D eigenvalue weighted by Gasteiger charge is -2.11. The van der Waals surface area contributed by atoms with Crippen molar-refractivity contribution in [2.24, 2.45) is 5.73 Å². The van der Waals surface area contributed by atoms with Crippen LogP contribution >= 0.6 is 0 Å². The maximum Gasteiger partial charge on any atom is 0.240 e. The summed E-state index contributed by atoms with van der Waals surface area (Å²) in [6.07, 6.45) is 4.75. The second-order valence-electron chi connectivity index (χ2n) is 5.29. The lowest BCUT2D eigenvalue weighted by Crippen LogP contribution is -2.25. The quantitative estimate of drug-likeness (QED) is 0.801. The van der Waals surface area contributed by atoms with Gasteiger partial charge in [0.1, 0.15) is 0 Å². The van der Waals surface area contributed by atoms with E-state index < -0.39 is 10.0 Å². The number of hydrogen-bond donors (Lipinski definition) is 2. The lowest BCUT2D eigenvalue weighted by molar-refractivity contribution is 0.581. The van der Waals surface area contributed by atoms with Gasteiger partial charge in [0, 0.05) is 12.1 Å². The van der Waals surface area contributed by atoms with Gasteiger partial charge in [-0.1, -0.05) is 25.5 Å². The van der Waals surface area contributed by atoms with Crippen molar-refractivity contribution in [3.8, 4) is 0 Å². The zero-order valence-electron chi connectivity index (χ0n) is 11.3. The fraction of sp³-hybridized carbons (Fsp3) is 0.571. The second-order valence-corrected chi connectivity index (χ2v) is 7.01. The molecule has 1 fully saturated rings. The van der Waals surface area contributed by atoms with Gasteiger partial charge in [0.25, 0.3) is 0 Å². The van der Waals surface area contributed by atoms with E-state index in [4.69, 9.17) is 5.73 Å². The van der Waals surface area contributed by atoms with E-state index in [-0.39, 0.29) is 12.1 Å². The molecule has 106 valence electrons. The van der Waals surface area contributed by atoms with Crippen LogP contribution < -0.4 is 10.5 Å². The minimum absolute atomic E-state index is 0.141. The van der Waals surface area contributed by atoms with Gasteiger partial charge < -0.3 is 5.73 Å². The van der Waals surface area contributed by atoms with Crippen LogP contribution in [-0.4, -0.2) is 20.5 Å². The molecule has 3 N–H and O–H groups in total. The van der Waals surface area contributed by atoms with Crippen molar-refractivity contribution in [3.05, 3.63) is 29.8 Å². The Bertz CT molecular complexity index is 507. The summed E-state index contributed by atoms with van der Waals surface area (Å²) in [4.78, 5) is 0.340. The predicted octanol–water partition coefficient (Wildman–Crippen LogP) is 1.80. The van der Waals surface area contributed by atoms with Crippen LogP contribution in [0, 0.1) is 0 Å². The molecule has 2 rings (SSSR count). The number of nitrogens with two attached hydrogens (primary N) is 1. The molecule has 0 aliphatic heterocycles. The molecule has 0 aromatic heterocycles. The number of sulfonamides is 1. The summed E-state index contributed by atoms with van der Waals surface area (Å²) in [5.74, 6) is 0. The van der Waals surface area contributed by atoms with Gasteiger partial charge in [-0.2, -0.15) is 0 Å². The van der Waals surface area contributed by atoms with E-state index in [1.807, 2.05) is 12.1 Å². The summed E-state index contributed by atoms with van der Waals surface area (Å²) in [5, 5.41) is 0. The third-order valence-electron chi connectivity index (χ3n) is 3.29. The van der Waals surface area contributed by atoms with Crippen LogP contribution in [0.1, 0.15) is 38.2 Å². The highest BCUT2D eigenvalue weighted by molar-refractivity contribution is 7.89. The molecule has 0 bridgehead atoms. The van der Waals surface area contributed by atoms with Gasteiger partial charge in [0.2, 0.25) is 10.0 Å². The summed E-state index contributed by atoms with van der Waals surface area (Å²) in [6.45, 7) is 2.11. The van der Waals surface area contributed by atoms with E-state index in [1.165, 1.54) is 0 Å². The molecule has 1 atom stereocenters. The van der Waals surface area contributed by atoms with Crippen molar-refractivity contribution in [2.75, 3.05) is 0 Å². The summed E-state index contributed by atoms with van der Waals surface area (Å²) < 4.78 is 26.6. The molecule has 1 aromatic carbocycles. The molecular weight excluding hydrogens is 260 g/mol. The van der Waals surface area contributed by atoms with Gasteiger partial charge >= 0.3 is 0 Å². The second kappa shape index (κ2) is 6.03. The zero-order chi connectivity index (χ0) is 13.9. The van der Waals surface area contributed by atoms with Crippen LogP contribution in [0.4, 0.5) is 0 Å². The average molecular weight is 282 g/mol. The van der Waals surface area contributed by atoms with Gasteiger partial charge in [0.15, 0.2) is 0 Å².